The molecule has 0 bridgehead atoms. The van der Waals surface area contributed by atoms with Crippen LogP contribution in [-0.4, -0.2) is 52.6 Å². The molecule has 0 radical (unpaired) electrons. The standard InChI is InChI=1S/C36H35ClF2N7O5S.2ClH/c1-22(34-43-31(18-52-34)25-10-8-24(15-40)9-11-25)36(49,28-14-26(38)12-13-30(28)39)19-46-21-45(20-42-46)23(2)51-35(48)44(4)32-7-5-6-29(37)27(32)17-50-33(47)16-41-3;;/h5-14,18,20-23,41,49H,16-17,19H2,1-4H3;2*1H/q+1;;/p-1. The van der Waals surface area contributed by atoms with Crippen molar-refractivity contribution in [2.75, 3.05) is 25.5 Å². The SMILES string of the molecule is CNCC(=O)OCc1c(Cl)cccc1N(C)C(=O)OC(C)[n+]1cnn(CC(O)(c2cc(F)ccc2F)C(C)c2nc(-c3ccc(C#N)cc3)cs2)c1.Cl.[Cl-]. The largest absolute Gasteiger partial charge is 1.00 e. The van der Waals surface area contributed by atoms with Crippen molar-refractivity contribution in [2.24, 2.45) is 0 Å². The lowest BCUT2D eigenvalue weighted by Gasteiger charge is -2.32. The van der Waals surface area contributed by atoms with Gasteiger partial charge in [0.05, 0.1) is 34.6 Å². The minimum absolute atomic E-state index is 0. The molecule has 286 valence electrons. The summed E-state index contributed by atoms with van der Waals surface area (Å²) < 4.78 is 43.6. The summed E-state index contributed by atoms with van der Waals surface area (Å²) in [6.07, 6.45) is 1.16. The summed E-state index contributed by atoms with van der Waals surface area (Å²) in [7, 11) is 3.09. The summed E-state index contributed by atoms with van der Waals surface area (Å²) in [5, 5.41) is 31.0. The van der Waals surface area contributed by atoms with Gasteiger partial charge < -0.3 is 32.3 Å². The molecule has 5 aromatic rings. The number of nitrogens with zero attached hydrogens (tertiary/aromatic N) is 6. The molecule has 12 nitrogen and oxygen atoms in total. The molecule has 0 aliphatic rings. The predicted molar refractivity (Wildman–Crippen MR) is 195 cm³/mol. The summed E-state index contributed by atoms with van der Waals surface area (Å²) in [6, 6.07) is 16.7. The monoisotopic (exact) mass is 821 g/mol. The zero-order valence-electron chi connectivity index (χ0n) is 29.4. The number of hydrogen-bond donors (Lipinski definition) is 2. The zero-order chi connectivity index (χ0) is 37.6. The first kappa shape index (κ1) is 43.7. The number of hydrogen-bond acceptors (Lipinski definition) is 10. The van der Waals surface area contributed by atoms with Gasteiger partial charge in [0, 0.05) is 52.1 Å². The first-order valence-corrected chi connectivity index (χ1v) is 17.2. The van der Waals surface area contributed by atoms with Crippen LogP contribution in [-0.2, 0) is 33.0 Å². The molecular formula is C36H36Cl3F2N7O5S. The highest BCUT2D eigenvalue weighted by molar-refractivity contribution is 7.10. The molecule has 0 aliphatic heterocycles. The second-order valence-corrected chi connectivity index (χ2v) is 13.2. The van der Waals surface area contributed by atoms with E-state index in [0.717, 1.165) is 23.8 Å². The molecule has 3 atom stereocenters. The second-order valence-electron chi connectivity index (χ2n) is 11.9. The molecule has 3 unspecified atom stereocenters. The summed E-state index contributed by atoms with van der Waals surface area (Å²) >= 11 is 7.63. The number of ether oxygens (including phenoxy) is 2. The fourth-order valence-corrected chi connectivity index (χ4v) is 6.61. The molecule has 0 aliphatic carbocycles. The average Bonchev–Trinajstić information content (AvgIpc) is 3.82. The third-order valence-electron chi connectivity index (χ3n) is 8.44. The van der Waals surface area contributed by atoms with E-state index in [0.29, 0.717) is 27.5 Å². The smallest absolute Gasteiger partial charge is 0.416 e. The van der Waals surface area contributed by atoms with Crippen LogP contribution < -0.4 is 27.2 Å². The topological polar surface area (TPSA) is 146 Å². The Labute approximate surface area is 331 Å². The van der Waals surface area contributed by atoms with E-state index in [1.807, 2.05) is 0 Å². The van der Waals surface area contributed by atoms with Crippen LogP contribution in [0.1, 0.15) is 47.7 Å². The Morgan fingerprint density at radius 2 is 1.91 bits per heavy atom. The summed E-state index contributed by atoms with van der Waals surface area (Å²) in [6.45, 7) is 2.76. The number of aliphatic hydroxyl groups is 1. The normalized spacial score (nSPS) is 12.9. The minimum Gasteiger partial charge on any atom is -1.00 e. The second kappa shape index (κ2) is 19.1. The van der Waals surface area contributed by atoms with Crippen molar-refractivity contribution in [3.05, 3.63) is 117 Å². The predicted octanol–water partition coefficient (Wildman–Crippen LogP) is 3.27. The van der Waals surface area contributed by atoms with E-state index in [4.69, 9.17) is 31.3 Å². The Kier molecular flexibility index (Phi) is 15.4. The van der Waals surface area contributed by atoms with Crippen molar-refractivity contribution in [1.29, 1.82) is 5.26 Å². The van der Waals surface area contributed by atoms with Gasteiger partial charge in [0.15, 0.2) is 0 Å². The lowest BCUT2D eigenvalue weighted by molar-refractivity contribution is -0.753. The van der Waals surface area contributed by atoms with Crippen LogP contribution in [0, 0.1) is 23.0 Å². The maximum Gasteiger partial charge on any atom is 0.416 e. The van der Waals surface area contributed by atoms with E-state index >= 15 is 4.39 Å². The van der Waals surface area contributed by atoms with Crippen LogP contribution in [0.15, 0.2) is 78.7 Å². The van der Waals surface area contributed by atoms with Gasteiger partial charge in [0.2, 0.25) is 12.6 Å². The van der Waals surface area contributed by atoms with E-state index < -0.39 is 41.4 Å². The number of halogens is 5. The number of benzene rings is 3. The lowest BCUT2D eigenvalue weighted by Crippen LogP contribution is -3.00. The molecule has 0 fully saturated rings. The van der Waals surface area contributed by atoms with Gasteiger partial charge in [0.1, 0.15) is 30.4 Å². The van der Waals surface area contributed by atoms with Crippen molar-refractivity contribution in [3.8, 4) is 17.3 Å². The van der Waals surface area contributed by atoms with Crippen LogP contribution in [0.25, 0.3) is 11.3 Å². The van der Waals surface area contributed by atoms with Gasteiger partial charge in [-0.2, -0.15) is 9.83 Å². The quantitative estimate of drug-likeness (QED) is 0.135. The molecule has 1 amide bonds. The van der Waals surface area contributed by atoms with Crippen molar-refractivity contribution in [3.63, 3.8) is 0 Å². The highest BCUT2D eigenvalue weighted by Gasteiger charge is 2.43. The van der Waals surface area contributed by atoms with E-state index in [-0.39, 0.29) is 55.1 Å². The lowest BCUT2D eigenvalue weighted by atomic mass is 9.82. The van der Waals surface area contributed by atoms with Gasteiger partial charge in [-0.05, 0) is 49.5 Å². The van der Waals surface area contributed by atoms with Crippen LogP contribution >= 0.6 is 35.3 Å². The van der Waals surface area contributed by atoms with E-state index in [9.17, 15) is 19.1 Å². The molecule has 5 rings (SSSR count). The average molecular weight is 823 g/mol. The summed E-state index contributed by atoms with van der Waals surface area (Å²) in [5.41, 5.74) is 0.271. The fourth-order valence-electron chi connectivity index (χ4n) is 5.42. The minimum atomic E-state index is -2.05. The van der Waals surface area contributed by atoms with Crippen LogP contribution in [0.5, 0.6) is 0 Å². The number of likely N-dealkylation sites (N-methyl/N-ethyl adjacent to an activating group) is 1. The molecule has 3 aromatic carbocycles. The number of anilines is 1. The maximum absolute atomic E-state index is 15.4. The molecule has 0 saturated heterocycles. The van der Waals surface area contributed by atoms with Crippen LogP contribution in [0.3, 0.4) is 0 Å². The first-order chi connectivity index (χ1) is 24.8. The number of nitriles is 1. The fraction of sp³-hybridized carbons (Fsp3) is 0.278. The molecule has 2 aromatic heterocycles. The number of esters is 1. The highest BCUT2D eigenvalue weighted by atomic mass is 35.5. The Morgan fingerprint density at radius 3 is 2.59 bits per heavy atom. The molecular weight excluding hydrogens is 787 g/mol. The van der Waals surface area contributed by atoms with E-state index in [1.54, 1.807) is 68.7 Å². The van der Waals surface area contributed by atoms with E-state index in [2.05, 4.69) is 16.5 Å². The number of nitrogens with one attached hydrogen (secondary N) is 1. The van der Waals surface area contributed by atoms with Crippen molar-refractivity contribution >= 4 is 53.1 Å². The van der Waals surface area contributed by atoms with Crippen LogP contribution in [0.2, 0.25) is 5.02 Å². The van der Waals surface area contributed by atoms with Gasteiger partial charge in [-0.15, -0.1) is 28.4 Å². The molecule has 2 N–H and O–H groups in total. The number of rotatable bonds is 13. The van der Waals surface area contributed by atoms with Gasteiger partial charge in [-0.1, -0.05) is 36.7 Å². The molecule has 18 heteroatoms. The number of carbonyl (C=O) groups is 2. The van der Waals surface area contributed by atoms with Gasteiger partial charge in [-0.3, -0.25) is 9.69 Å². The van der Waals surface area contributed by atoms with Gasteiger partial charge in [-0.25, -0.2) is 18.6 Å². The number of aromatic nitrogens is 4. The number of thiazole rings is 1. The number of amides is 1. The Morgan fingerprint density at radius 1 is 1.19 bits per heavy atom. The summed E-state index contributed by atoms with van der Waals surface area (Å²) in [5.74, 6) is -2.91. The first-order valence-electron chi connectivity index (χ1n) is 15.9. The van der Waals surface area contributed by atoms with E-state index in [1.165, 1.54) is 45.2 Å². The Balaban J connectivity index is 0.00000392. The Bertz CT molecular complexity index is 2110. The van der Waals surface area contributed by atoms with Crippen molar-refractivity contribution in [2.45, 2.75) is 44.7 Å². The third kappa shape index (κ3) is 9.89. The van der Waals surface area contributed by atoms with Crippen molar-refractivity contribution < 1.29 is 49.9 Å². The zero-order valence-corrected chi connectivity index (χ0v) is 32.5. The molecule has 0 spiro atoms. The van der Waals surface area contributed by atoms with Crippen molar-refractivity contribution in [1.82, 2.24) is 20.1 Å². The number of carbonyl (C=O) groups excluding carboxylic acids is 2. The molecule has 54 heavy (non-hydrogen) atoms. The molecule has 2 heterocycles. The summed E-state index contributed by atoms with van der Waals surface area (Å²) in [4.78, 5) is 31.1. The van der Waals surface area contributed by atoms with Gasteiger partial charge >= 0.3 is 12.1 Å². The van der Waals surface area contributed by atoms with Crippen LogP contribution in [0.4, 0.5) is 19.3 Å². The van der Waals surface area contributed by atoms with Gasteiger partial charge in [0.25, 0.3) is 6.33 Å². The Hall–Kier alpha value is -4.69. The third-order valence-corrected chi connectivity index (χ3v) is 9.82. The molecule has 0 saturated carbocycles. The maximum atomic E-state index is 15.4. The highest BCUT2D eigenvalue weighted by Crippen LogP contribution is 2.41.